The maximum atomic E-state index is 12.0. The van der Waals surface area contributed by atoms with E-state index in [1.165, 1.54) is 6.20 Å². The van der Waals surface area contributed by atoms with Crippen LogP contribution in [0, 0.1) is 0 Å². The van der Waals surface area contributed by atoms with Crippen molar-refractivity contribution in [2.75, 3.05) is 0 Å². The zero-order chi connectivity index (χ0) is 9.19. The molecule has 0 radical (unpaired) electrons. The predicted octanol–water partition coefficient (Wildman–Crippen LogP) is 3.04. The fourth-order valence-corrected chi connectivity index (χ4v) is 1.19. The lowest BCUT2D eigenvalue weighted by Crippen LogP contribution is -2.07. The second kappa shape index (κ2) is 3.59. The van der Waals surface area contributed by atoms with Crippen molar-refractivity contribution < 1.29 is 13.2 Å². The van der Waals surface area contributed by atoms with Crippen molar-refractivity contribution in [3.8, 4) is 0 Å². The summed E-state index contributed by atoms with van der Waals surface area (Å²) >= 11 is 2.00. The van der Waals surface area contributed by atoms with Crippen molar-refractivity contribution in [3.63, 3.8) is 0 Å². The van der Waals surface area contributed by atoms with Crippen molar-refractivity contribution in [2.24, 2.45) is 0 Å². The minimum atomic E-state index is -4.33. The summed E-state index contributed by atoms with van der Waals surface area (Å²) in [5.41, 5.74) is -0.186. The molecule has 0 spiro atoms. The van der Waals surface area contributed by atoms with Crippen molar-refractivity contribution >= 4 is 22.6 Å². The number of hydrogen-bond acceptors (Lipinski definition) is 1. The Morgan fingerprint density at radius 1 is 1.42 bits per heavy atom. The van der Waals surface area contributed by atoms with Crippen LogP contribution in [-0.4, -0.2) is 4.98 Å². The second-order valence-electron chi connectivity index (χ2n) is 2.18. The van der Waals surface area contributed by atoms with E-state index in [-0.39, 0.29) is 0 Å². The van der Waals surface area contributed by atoms with Gasteiger partial charge in [0.2, 0.25) is 0 Å². The van der Waals surface area contributed by atoms with Crippen LogP contribution in [0.3, 0.4) is 0 Å². The summed E-state index contributed by atoms with van der Waals surface area (Å²) < 4.78 is 36.7. The van der Waals surface area contributed by atoms with Gasteiger partial charge in [-0.15, -0.1) is 0 Å². The first-order chi connectivity index (χ1) is 5.54. The van der Waals surface area contributed by atoms with Gasteiger partial charge in [-0.2, -0.15) is 13.2 Å². The van der Waals surface area contributed by atoms with Crippen LogP contribution in [0.4, 0.5) is 13.2 Å². The quantitative estimate of drug-likeness (QED) is 0.571. The summed E-state index contributed by atoms with van der Waals surface area (Å²) in [6.07, 6.45) is -3.15. The molecule has 1 aromatic heterocycles. The number of alkyl halides is 4. The first kappa shape index (κ1) is 9.76. The maximum absolute atomic E-state index is 12.0. The van der Waals surface area contributed by atoms with E-state index in [9.17, 15) is 13.2 Å². The SMILES string of the molecule is FC(F)(F)c1cc(CI)ccn1. The van der Waals surface area contributed by atoms with Gasteiger partial charge in [0.1, 0.15) is 5.69 Å². The smallest absolute Gasteiger partial charge is 0.252 e. The number of nitrogens with zero attached hydrogens (tertiary/aromatic N) is 1. The molecule has 0 unspecified atom stereocenters. The summed E-state index contributed by atoms with van der Waals surface area (Å²) in [7, 11) is 0. The van der Waals surface area contributed by atoms with Crippen LogP contribution in [0.5, 0.6) is 0 Å². The topological polar surface area (TPSA) is 12.9 Å². The highest BCUT2D eigenvalue weighted by Gasteiger charge is 2.32. The number of aromatic nitrogens is 1. The minimum Gasteiger partial charge on any atom is -0.252 e. The Bertz CT molecular complexity index is 272. The molecule has 5 heteroatoms. The van der Waals surface area contributed by atoms with Crippen molar-refractivity contribution in [3.05, 3.63) is 29.6 Å². The molecule has 0 fully saturated rings. The van der Waals surface area contributed by atoms with E-state index in [1.54, 1.807) is 6.07 Å². The molecule has 0 N–H and O–H groups in total. The summed E-state index contributed by atoms with van der Waals surface area (Å²) in [5, 5.41) is 0. The Balaban J connectivity index is 3.02. The minimum absolute atomic E-state index is 0.559. The van der Waals surface area contributed by atoms with Gasteiger partial charge < -0.3 is 0 Å². The lowest BCUT2D eigenvalue weighted by molar-refractivity contribution is -0.141. The lowest BCUT2D eigenvalue weighted by Gasteiger charge is -2.05. The third-order valence-corrected chi connectivity index (χ3v) is 2.15. The van der Waals surface area contributed by atoms with Crippen LogP contribution in [0.1, 0.15) is 11.3 Å². The molecule has 0 aliphatic rings. The van der Waals surface area contributed by atoms with E-state index in [1.807, 2.05) is 22.6 Å². The second-order valence-corrected chi connectivity index (χ2v) is 2.94. The van der Waals surface area contributed by atoms with Crippen LogP contribution in [-0.2, 0) is 10.6 Å². The van der Waals surface area contributed by atoms with Crippen LogP contribution in [0.25, 0.3) is 0 Å². The molecule has 1 aromatic rings. The van der Waals surface area contributed by atoms with Gasteiger partial charge in [-0.05, 0) is 17.7 Å². The molecule has 66 valence electrons. The third-order valence-electron chi connectivity index (χ3n) is 1.27. The number of halogens is 4. The summed E-state index contributed by atoms with van der Waals surface area (Å²) in [5.74, 6) is 0. The molecule has 1 nitrogen and oxygen atoms in total. The van der Waals surface area contributed by atoms with Gasteiger partial charge in [-0.25, -0.2) is 0 Å². The van der Waals surface area contributed by atoms with Crippen LogP contribution < -0.4 is 0 Å². The molecule has 1 heterocycles. The number of pyridine rings is 1. The molecule has 0 aliphatic carbocycles. The fraction of sp³-hybridized carbons (Fsp3) is 0.286. The molecule has 0 atom stereocenters. The highest BCUT2D eigenvalue weighted by molar-refractivity contribution is 14.1. The monoisotopic (exact) mass is 287 g/mol. The highest BCUT2D eigenvalue weighted by atomic mass is 127. The van der Waals surface area contributed by atoms with E-state index < -0.39 is 11.9 Å². The van der Waals surface area contributed by atoms with Gasteiger partial charge >= 0.3 is 6.18 Å². The van der Waals surface area contributed by atoms with Crippen LogP contribution in [0.2, 0.25) is 0 Å². The Hall–Kier alpha value is -0.330. The van der Waals surface area contributed by atoms with E-state index in [4.69, 9.17) is 0 Å². The normalized spacial score (nSPS) is 11.7. The zero-order valence-electron chi connectivity index (χ0n) is 5.90. The molecule has 0 aromatic carbocycles. The first-order valence-electron chi connectivity index (χ1n) is 3.12. The number of hydrogen-bond donors (Lipinski definition) is 0. The third kappa shape index (κ3) is 2.33. The molecule has 0 amide bonds. The average molecular weight is 287 g/mol. The zero-order valence-corrected chi connectivity index (χ0v) is 8.06. The van der Waals surface area contributed by atoms with E-state index in [0.717, 1.165) is 6.07 Å². The van der Waals surface area contributed by atoms with Gasteiger partial charge in [-0.1, -0.05) is 22.6 Å². The first-order valence-corrected chi connectivity index (χ1v) is 4.64. The van der Waals surface area contributed by atoms with E-state index in [2.05, 4.69) is 4.98 Å². The van der Waals surface area contributed by atoms with Gasteiger partial charge in [0.25, 0.3) is 0 Å². The molecule has 0 bridgehead atoms. The summed E-state index contributed by atoms with van der Waals surface area (Å²) in [6.45, 7) is 0. The van der Waals surface area contributed by atoms with Gasteiger partial charge in [0.15, 0.2) is 0 Å². The van der Waals surface area contributed by atoms with Gasteiger partial charge in [-0.3, -0.25) is 4.98 Å². The van der Waals surface area contributed by atoms with Crippen LogP contribution >= 0.6 is 22.6 Å². The largest absolute Gasteiger partial charge is 0.433 e. The van der Waals surface area contributed by atoms with Crippen LogP contribution in [0.15, 0.2) is 18.3 Å². The fourth-order valence-electron chi connectivity index (χ4n) is 0.712. The summed E-state index contributed by atoms with van der Waals surface area (Å²) in [4.78, 5) is 3.23. The number of rotatable bonds is 1. The van der Waals surface area contributed by atoms with E-state index >= 15 is 0 Å². The molecule has 12 heavy (non-hydrogen) atoms. The Morgan fingerprint density at radius 3 is 2.58 bits per heavy atom. The molecular weight excluding hydrogens is 282 g/mol. The Kier molecular flexibility index (Phi) is 2.92. The Morgan fingerprint density at radius 2 is 2.08 bits per heavy atom. The molecule has 1 rings (SSSR count). The van der Waals surface area contributed by atoms with Crippen molar-refractivity contribution in [1.29, 1.82) is 0 Å². The summed E-state index contributed by atoms with van der Waals surface area (Å²) in [6, 6.07) is 2.63. The van der Waals surface area contributed by atoms with Gasteiger partial charge in [0.05, 0.1) is 0 Å². The molecular formula is C7H5F3IN. The molecule has 0 saturated heterocycles. The lowest BCUT2D eigenvalue weighted by atomic mass is 10.2. The van der Waals surface area contributed by atoms with E-state index in [0.29, 0.717) is 9.99 Å². The standard InChI is InChI=1S/C7H5F3IN/c8-7(9,10)6-3-5(4-11)1-2-12-6/h1-3H,4H2. The maximum Gasteiger partial charge on any atom is 0.433 e. The molecule has 0 aliphatic heterocycles. The van der Waals surface area contributed by atoms with Gasteiger partial charge in [0, 0.05) is 10.6 Å². The van der Waals surface area contributed by atoms with Crippen molar-refractivity contribution in [2.45, 2.75) is 10.6 Å². The Labute approximate surface area is 81.1 Å². The molecule has 0 saturated carbocycles. The highest BCUT2D eigenvalue weighted by Crippen LogP contribution is 2.27. The average Bonchev–Trinajstić information content (AvgIpc) is 2.03. The van der Waals surface area contributed by atoms with Crippen molar-refractivity contribution in [1.82, 2.24) is 4.98 Å². The predicted molar refractivity (Wildman–Crippen MR) is 47.0 cm³/mol.